The van der Waals surface area contributed by atoms with Crippen molar-refractivity contribution in [1.82, 2.24) is 5.32 Å². The van der Waals surface area contributed by atoms with E-state index in [2.05, 4.69) is 42.0 Å². The first-order valence-electron chi connectivity index (χ1n) is 6.51. The van der Waals surface area contributed by atoms with Gasteiger partial charge in [0, 0.05) is 11.0 Å². The summed E-state index contributed by atoms with van der Waals surface area (Å²) in [7, 11) is 2.01. The third kappa shape index (κ3) is 4.62. The number of halogens is 1. The van der Waals surface area contributed by atoms with Gasteiger partial charge in [0.15, 0.2) is 0 Å². The Labute approximate surface area is 119 Å². The summed E-state index contributed by atoms with van der Waals surface area (Å²) in [6.07, 6.45) is 1.06. The van der Waals surface area contributed by atoms with Crippen LogP contribution in [0.25, 0.3) is 0 Å². The highest BCUT2D eigenvalue weighted by Crippen LogP contribution is 2.30. The highest BCUT2D eigenvalue weighted by molar-refractivity contribution is 9.10. The first kappa shape index (κ1) is 15.5. The zero-order valence-electron chi connectivity index (χ0n) is 11.8. The lowest BCUT2D eigenvalue weighted by Crippen LogP contribution is -2.35. The molecule has 1 rings (SSSR count). The second-order valence-electron chi connectivity index (χ2n) is 5.39. The van der Waals surface area contributed by atoms with Crippen molar-refractivity contribution in [3.05, 3.63) is 28.7 Å². The number of benzene rings is 1. The van der Waals surface area contributed by atoms with Gasteiger partial charge in [-0.1, -0.05) is 36.7 Å². The van der Waals surface area contributed by atoms with E-state index in [0.29, 0.717) is 5.92 Å². The lowest BCUT2D eigenvalue weighted by Gasteiger charge is -2.33. The largest absolute Gasteiger partial charge is 0.494 e. The predicted molar refractivity (Wildman–Crippen MR) is 81.1 cm³/mol. The molecular weight excluding hydrogens is 290 g/mol. The molecule has 0 aliphatic heterocycles. The highest BCUT2D eigenvalue weighted by Gasteiger charge is 2.27. The van der Waals surface area contributed by atoms with Gasteiger partial charge in [-0.25, -0.2) is 0 Å². The molecule has 0 radical (unpaired) electrons. The van der Waals surface area contributed by atoms with Crippen molar-refractivity contribution in [3.8, 4) is 5.75 Å². The third-order valence-corrected chi connectivity index (χ3v) is 4.26. The van der Waals surface area contributed by atoms with Gasteiger partial charge in [0.2, 0.25) is 0 Å². The van der Waals surface area contributed by atoms with Crippen molar-refractivity contribution >= 4 is 15.9 Å². The number of hydrogen-bond acceptors (Lipinski definition) is 2. The average molecular weight is 314 g/mol. The van der Waals surface area contributed by atoms with Gasteiger partial charge in [-0.05, 0) is 49.1 Å². The molecule has 0 spiro atoms. The molecule has 0 heterocycles. The molecule has 0 aliphatic rings. The first-order valence-corrected chi connectivity index (χ1v) is 7.30. The maximum absolute atomic E-state index is 5.80. The van der Waals surface area contributed by atoms with Gasteiger partial charge in [-0.2, -0.15) is 0 Å². The minimum Gasteiger partial charge on any atom is -0.494 e. The Hall–Kier alpha value is -0.540. The predicted octanol–water partition coefficient (Wildman–Crippen LogP) is 4.10. The van der Waals surface area contributed by atoms with Crippen LogP contribution in [0.5, 0.6) is 5.75 Å². The fraction of sp³-hybridized carbons (Fsp3) is 0.600. The minimum atomic E-state index is 0.282. The summed E-state index contributed by atoms with van der Waals surface area (Å²) in [5.74, 6) is 1.58. The van der Waals surface area contributed by atoms with Gasteiger partial charge in [0.1, 0.15) is 5.75 Å². The van der Waals surface area contributed by atoms with Crippen LogP contribution in [0.1, 0.15) is 27.2 Å². The van der Waals surface area contributed by atoms with Crippen molar-refractivity contribution < 1.29 is 4.74 Å². The van der Waals surface area contributed by atoms with E-state index in [1.54, 1.807) is 0 Å². The van der Waals surface area contributed by atoms with Gasteiger partial charge < -0.3 is 10.1 Å². The Morgan fingerprint density at radius 3 is 2.39 bits per heavy atom. The van der Waals surface area contributed by atoms with E-state index < -0.39 is 0 Å². The molecule has 0 aromatic heterocycles. The smallest absolute Gasteiger partial charge is 0.119 e. The summed E-state index contributed by atoms with van der Waals surface area (Å²) < 4.78 is 6.89. The Bertz CT molecular complexity index is 350. The summed E-state index contributed by atoms with van der Waals surface area (Å²) in [5.41, 5.74) is 0.282. The standard InChI is InChI=1S/C15H24BrNO/c1-12(2)15(3,11-17-4)9-10-18-14-7-5-13(16)6-8-14/h5-8,12,17H,9-11H2,1-4H3. The molecule has 1 unspecified atom stereocenters. The van der Waals surface area contributed by atoms with Crippen LogP contribution in [-0.4, -0.2) is 20.2 Å². The number of hydrogen-bond donors (Lipinski definition) is 1. The highest BCUT2D eigenvalue weighted by atomic mass is 79.9. The molecule has 0 aliphatic carbocycles. The normalized spacial score (nSPS) is 14.6. The monoisotopic (exact) mass is 313 g/mol. The van der Waals surface area contributed by atoms with Crippen LogP contribution in [0, 0.1) is 11.3 Å². The number of nitrogens with one attached hydrogen (secondary N) is 1. The molecule has 0 fully saturated rings. The van der Waals surface area contributed by atoms with Crippen LogP contribution >= 0.6 is 15.9 Å². The van der Waals surface area contributed by atoms with E-state index in [9.17, 15) is 0 Å². The van der Waals surface area contributed by atoms with Crippen molar-refractivity contribution in [2.24, 2.45) is 11.3 Å². The Kier molecular flexibility index (Phi) is 6.16. The molecule has 102 valence electrons. The van der Waals surface area contributed by atoms with Gasteiger partial charge in [0.25, 0.3) is 0 Å². The van der Waals surface area contributed by atoms with Crippen molar-refractivity contribution in [2.75, 3.05) is 20.2 Å². The molecule has 0 saturated heterocycles. The Balaban J connectivity index is 2.46. The molecule has 2 nitrogen and oxygen atoms in total. The Morgan fingerprint density at radius 1 is 1.28 bits per heavy atom. The molecule has 18 heavy (non-hydrogen) atoms. The SMILES string of the molecule is CNCC(C)(CCOc1ccc(Br)cc1)C(C)C. The maximum atomic E-state index is 5.80. The van der Waals surface area contributed by atoms with Gasteiger partial charge >= 0.3 is 0 Å². The van der Waals surface area contributed by atoms with Crippen LogP contribution in [0.3, 0.4) is 0 Å². The van der Waals surface area contributed by atoms with Gasteiger partial charge in [-0.15, -0.1) is 0 Å². The maximum Gasteiger partial charge on any atom is 0.119 e. The topological polar surface area (TPSA) is 21.3 Å². The van der Waals surface area contributed by atoms with Crippen molar-refractivity contribution in [2.45, 2.75) is 27.2 Å². The summed E-state index contributed by atoms with van der Waals surface area (Å²) >= 11 is 3.42. The molecule has 1 aromatic carbocycles. The van der Waals surface area contributed by atoms with E-state index in [1.807, 2.05) is 31.3 Å². The van der Waals surface area contributed by atoms with E-state index in [0.717, 1.165) is 29.8 Å². The van der Waals surface area contributed by atoms with E-state index in [4.69, 9.17) is 4.74 Å². The summed E-state index contributed by atoms with van der Waals surface area (Å²) in [5, 5.41) is 3.28. The lowest BCUT2D eigenvalue weighted by molar-refractivity contribution is 0.153. The second-order valence-corrected chi connectivity index (χ2v) is 6.31. The average Bonchev–Trinajstić information content (AvgIpc) is 2.32. The minimum absolute atomic E-state index is 0.282. The Morgan fingerprint density at radius 2 is 1.89 bits per heavy atom. The zero-order chi connectivity index (χ0) is 13.6. The fourth-order valence-corrected chi connectivity index (χ4v) is 2.18. The summed E-state index contributed by atoms with van der Waals surface area (Å²) in [6.45, 7) is 8.65. The quantitative estimate of drug-likeness (QED) is 0.818. The summed E-state index contributed by atoms with van der Waals surface area (Å²) in [4.78, 5) is 0. The summed E-state index contributed by atoms with van der Waals surface area (Å²) in [6, 6.07) is 8.00. The molecule has 1 aromatic rings. The van der Waals surface area contributed by atoms with Gasteiger partial charge in [-0.3, -0.25) is 0 Å². The van der Waals surface area contributed by atoms with Crippen molar-refractivity contribution in [3.63, 3.8) is 0 Å². The van der Waals surface area contributed by atoms with Gasteiger partial charge in [0.05, 0.1) is 6.61 Å². The lowest BCUT2D eigenvalue weighted by atomic mass is 9.76. The molecule has 0 amide bonds. The fourth-order valence-electron chi connectivity index (χ4n) is 1.92. The second kappa shape index (κ2) is 7.15. The molecular formula is C15H24BrNO. The molecule has 1 N–H and O–H groups in total. The first-order chi connectivity index (χ1) is 8.48. The van der Waals surface area contributed by atoms with E-state index in [-0.39, 0.29) is 5.41 Å². The molecule has 3 heteroatoms. The van der Waals surface area contributed by atoms with E-state index in [1.165, 1.54) is 0 Å². The number of ether oxygens (including phenoxy) is 1. The van der Waals surface area contributed by atoms with Crippen LogP contribution < -0.4 is 10.1 Å². The van der Waals surface area contributed by atoms with Crippen molar-refractivity contribution in [1.29, 1.82) is 0 Å². The zero-order valence-corrected chi connectivity index (χ0v) is 13.4. The molecule has 0 saturated carbocycles. The van der Waals surface area contributed by atoms with Crippen LogP contribution in [0.4, 0.5) is 0 Å². The van der Waals surface area contributed by atoms with Crippen LogP contribution in [0.15, 0.2) is 28.7 Å². The number of rotatable bonds is 7. The molecule has 1 atom stereocenters. The van der Waals surface area contributed by atoms with Crippen LogP contribution in [0.2, 0.25) is 0 Å². The third-order valence-electron chi connectivity index (χ3n) is 3.73. The van der Waals surface area contributed by atoms with E-state index >= 15 is 0 Å². The van der Waals surface area contributed by atoms with Crippen LogP contribution in [-0.2, 0) is 0 Å². The molecule has 0 bridgehead atoms.